The number of nitrogens with zero attached hydrogens (tertiary/aromatic N) is 3. The zero-order valence-electron chi connectivity index (χ0n) is 16.8. The van der Waals surface area contributed by atoms with Crippen LogP contribution in [-0.4, -0.2) is 36.7 Å². The van der Waals surface area contributed by atoms with Gasteiger partial charge in [-0.15, -0.1) is 11.3 Å². The highest BCUT2D eigenvalue weighted by Gasteiger charge is 2.32. The fourth-order valence-electron chi connectivity index (χ4n) is 3.77. The van der Waals surface area contributed by atoms with Gasteiger partial charge in [-0.1, -0.05) is 17.7 Å². The highest BCUT2D eigenvalue weighted by Crippen LogP contribution is 2.30. The summed E-state index contributed by atoms with van der Waals surface area (Å²) in [6.45, 7) is 1.02. The van der Waals surface area contributed by atoms with E-state index < -0.39 is 25.8 Å². The molecule has 2 heterocycles. The van der Waals surface area contributed by atoms with Gasteiger partial charge in [0.25, 0.3) is 5.69 Å². The number of aromatic nitrogens is 1. The highest BCUT2D eigenvalue weighted by atomic mass is 35.5. The van der Waals surface area contributed by atoms with E-state index in [9.17, 15) is 22.9 Å². The van der Waals surface area contributed by atoms with E-state index in [2.05, 4.69) is 4.98 Å². The number of halogens is 2. The predicted molar refractivity (Wildman–Crippen MR) is 122 cm³/mol. The smallest absolute Gasteiger partial charge is 0.270 e. The summed E-state index contributed by atoms with van der Waals surface area (Å²) in [5.74, 6) is -0.394. The van der Waals surface area contributed by atoms with E-state index in [4.69, 9.17) is 11.6 Å². The van der Waals surface area contributed by atoms with Gasteiger partial charge in [-0.25, -0.2) is 17.8 Å². The van der Waals surface area contributed by atoms with Crippen molar-refractivity contribution in [2.45, 2.75) is 29.4 Å². The van der Waals surface area contributed by atoms with E-state index >= 15 is 0 Å². The molecule has 11 heteroatoms. The summed E-state index contributed by atoms with van der Waals surface area (Å²) in [6, 6.07) is 9.57. The lowest BCUT2D eigenvalue weighted by molar-refractivity contribution is -0.385. The molecule has 7 nitrogen and oxygen atoms in total. The summed E-state index contributed by atoms with van der Waals surface area (Å²) in [5.41, 5.74) is 1.28. The third-order valence-electron chi connectivity index (χ3n) is 5.36. The van der Waals surface area contributed by atoms with Gasteiger partial charge in [-0.3, -0.25) is 10.1 Å². The number of anilines is 1. The minimum absolute atomic E-state index is 0.0181. The monoisotopic (exact) mass is 495 g/mol. The van der Waals surface area contributed by atoms with E-state index in [0.717, 1.165) is 22.5 Å². The Balaban J connectivity index is 1.42. The molecule has 1 saturated heterocycles. The molecule has 3 aromatic rings. The standard InChI is InChI=1S/C21H19ClFN3O4S2/c22-15-8-14(9-16(23)11-15)10-17-13-31-21(24-17)25-6-4-19(5-7-25)32(29,30)20-3-1-2-18(12-20)26(27)28/h1-3,8-9,11-13,19H,4-7,10H2. The van der Waals surface area contributed by atoms with Crippen LogP contribution in [0.2, 0.25) is 5.02 Å². The van der Waals surface area contributed by atoms with E-state index in [1.165, 1.54) is 41.7 Å². The second kappa shape index (κ2) is 9.13. The molecule has 0 unspecified atom stereocenters. The number of nitro benzene ring substituents is 1. The lowest BCUT2D eigenvalue weighted by atomic mass is 10.1. The van der Waals surface area contributed by atoms with Crippen LogP contribution in [0.3, 0.4) is 0 Å². The minimum Gasteiger partial charge on any atom is -0.348 e. The molecular formula is C21H19ClFN3O4S2. The van der Waals surface area contributed by atoms with Crippen LogP contribution in [0.4, 0.5) is 15.2 Å². The molecule has 0 bridgehead atoms. The third-order valence-corrected chi connectivity index (χ3v) is 8.78. The van der Waals surface area contributed by atoms with Crippen LogP contribution in [0, 0.1) is 15.9 Å². The second-order valence-corrected chi connectivity index (χ2v) is 11.1. The third kappa shape index (κ3) is 4.92. The number of benzene rings is 2. The van der Waals surface area contributed by atoms with Gasteiger partial charge in [-0.2, -0.15) is 0 Å². The number of rotatable bonds is 6. The van der Waals surface area contributed by atoms with Gasteiger partial charge in [0, 0.05) is 42.0 Å². The Morgan fingerprint density at radius 2 is 1.97 bits per heavy atom. The molecule has 32 heavy (non-hydrogen) atoms. The average Bonchev–Trinajstić information content (AvgIpc) is 3.21. The Kier molecular flexibility index (Phi) is 6.45. The maximum Gasteiger partial charge on any atom is 0.270 e. The summed E-state index contributed by atoms with van der Waals surface area (Å²) in [4.78, 5) is 17.0. The number of hydrogen-bond donors (Lipinski definition) is 0. The fraction of sp³-hybridized carbons (Fsp3) is 0.286. The van der Waals surface area contributed by atoms with Crippen LogP contribution in [0.25, 0.3) is 0 Å². The average molecular weight is 496 g/mol. The number of sulfone groups is 1. The summed E-state index contributed by atoms with van der Waals surface area (Å²) >= 11 is 7.37. The van der Waals surface area contributed by atoms with Crippen molar-refractivity contribution in [2.75, 3.05) is 18.0 Å². The predicted octanol–water partition coefficient (Wildman–Crippen LogP) is 4.88. The van der Waals surface area contributed by atoms with E-state index in [1.807, 2.05) is 10.3 Å². The maximum absolute atomic E-state index is 13.6. The zero-order chi connectivity index (χ0) is 22.9. The Bertz CT molecular complexity index is 1240. The van der Waals surface area contributed by atoms with Crippen molar-refractivity contribution >= 4 is 43.6 Å². The molecule has 4 rings (SSSR count). The van der Waals surface area contributed by atoms with Crippen molar-refractivity contribution in [1.82, 2.24) is 4.98 Å². The first-order valence-corrected chi connectivity index (χ1v) is 12.7. The maximum atomic E-state index is 13.6. The van der Waals surface area contributed by atoms with Crippen LogP contribution in [0.1, 0.15) is 24.1 Å². The van der Waals surface area contributed by atoms with Gasteiger partial charge >= 0.3 is 0 Å². The van der Waals surface area contributed by atoms with Crippen LogP contribution >= 0.6 is 22.9 Å². The number of piperidine rings is 1. The van der Waals surface area contributed by atoms with Crippen LogP contribution in [0.5, 0.6) is 0 Å². The molecule has 1 aliphatic rings. The molecule has 1 aliphatic heterocycles. The molecule has 0 atom stereocenters. The van der Waals surface area contributed by atoms with Gasteiger partial charge in [0.1, 0.15) is 5.82 Å². The lowest BCUT2D eigenvalue weighted by Crippen LogP contribution is -2.39. The van der Waals surface area contributed by atoms with Crippen molar-refractivity contribution < 1.29 is 17.7 Å². The van der Waals surface area contributed by atoms with Crippen molar-refractivity contribution in [3.8, 4) is 0 Å². The summed E-state index contributed by atoms with van der Waals surface area (Å²) in [5, 5.41) is 13.4. The van der Waals surface area contributed by atoms with Gasteiger partial charge in [0.15, 0.2) is 15.0 Å². The highest BCUT2D eigenvalue weighted by molar-refractivity contribution is 7.92. The first-order valence-electron chi connectivity index (χ1n) is 9.85. The molecule has 0 aliphatic carbocycles. The molecule has 0 N–H and O–H groups in total. The molecule has 2 aromatic carbocycles. The number of thiazole rings is 1. The Labute approximate surface area is 193 Å². The zero-order valence-corrected chi connectivity index (χ0v) is 19.2. The molecule has 168 valence electrons. The molecular weight excluding hydrogens is 477 g/mol. The molecule has 0 radical (unpaired) electrons. The molecule has 0 spiro atoms. The molecule has 0 saturated carbocycles. The van der Waals surface area contributed by atoms with Crippen molar-refractivity contribution in [3.63, 3.8) is 0 Å². The van der Waals surface area contributed by atoms with Crippen LogP contribution in [-0.2, 0) is 16.3 Å². The summed E-state index contributed by atoms with van der Waals surface area (Å²) in [7, 11) is -3.66. The quantitative estimate of drug-likeness (QED) is 0.357. The van der Waals surface area contributed by atoms with Gasteiger partial charge in [0.2, 0.25) is 0 Å². The lowest BCUT2D eigenvalue weighted by Gasteiger charge is -2.31. The van der Waals surface area contributed by atoms with E-state index in [1.54, 1.807) is 6.07 Å². The largest absolute Gasteiger partial charge is 0.348 e. The Hall–Kier alpha value is -2.56. The Morgan fingerprint density at radius 3 is 2.66 bits per heavy atom. The van der Waals surface area contributed by atoms with Crippen LogP contribution in [0.15, 0.2) is 52.7 Å². The molecule has 0 amide bonds. The number of non-ortho nitro benzene ring substituents is 1. The Morgan fingerprint density at radius 1 is 1.22 bits per heavy atom. The van der Waals surface area contributed by atoms with Gasteiger partial charge in [0.05, 0.1) is 20.8 Å². The van der Waals surface area contributed by atoms with Crippen LogP contribution < -0.4 is 4.90 Å². The minimum atomic E-state index is -3.66. The topological polar surface area (TPSA) is 93.4 Å². The van der Waals surface area contributed by atoms with E-state index in [-0.39, 0.29) is 10.6 Å². The van der Waals surface area contributed by atoms with Gasteiger partial charge in [-0.05, 0) is 42.7 Å². The van der Waals surface area contributed by atoms with Crippen molar-refractivity contribution in [1.29, 1.82) is 0 Å². The summed E-state index contributed by atoms with van der Waals surface area (Å²) < 4.78 is 39.5. The van der Waals surface area contributed by atoms with Crippen molar-refractivity contribution in [2.24, 2.45) is 0 Å². The normalized spacial score (nSPS) is 15.1. The summed E-state index contributed by atoms with van der Waals surface area (Å²) in [6.07, 6.45) is 1.25. The second-order valence-electron chi connectivity index (χ2n) is 7.56. The first kappa shape index (κ1) is 22.6. The number of nitro groups is 1. The van der Waals surface area contributed by atoms with Gasteiger partial charge < -0.3 is 4.90 Å². The van der Waals surface area contributed by atoms with Crippen molar-refractivity contribution in [3.05, 3.63) is 80.1 Å². The molecule has 1 fully saturated rings. The SMILES string of the molecule is O=[N+]([O-])c1cccc(S(=O)(=O)C2CCN(c3nc(Cc4cc(F)cc(Cl)c4)cs3)CC2)c1. The number of hydrogen-bond acceptors (Lipinski definition) is 7. The molecule has 1 aromatic heterocycles. The first-order chi connectivity index (χ1) is 15.2. The fourth-order valence-corrected chi connectivity index (χ4v) is 6.66. The van der Waals surface area contributed by atoms with E-state index in [0.29, 0.717) is 37.4 Å².